The SMILES string of the molecule is C=CCCCN(C)C(=NC)NCCOc1ccc(S(C)(=O)=O)cc1.I. The summed E-state index contributed by atoms with van der Waals surface area (Å²) in [4.78, 5) is 6.58. The molecule has 0 aromatic heterocycles. The fourth-order valence-corrected chi connectivity index (χ4v) is 2.71. The second kappa shape index (κ2) is 12.1. The number of aliphatic imine (C=N–C) groups is 1. The molecule has 0 bridgehead atoms. The van der Waals surface area contributed by atoms with E-state index in [0.717, 1.165) is 25.3 Å². The number of hydrogen-bond acceptors (Lipinski definition) is 4. The van der Waals surface area contributed by atoms with E-state index in [0.29, 0.717) is 18.9 Å². The molecule has 25 heavy (non-hydrogen) atoms. The van der Waals surface area contributed by atoms with Crippen LogP contribution in [0.5, 0.6) is 5.75 Å². The van der Waals surface area contributed by atoms with Crippen LogP contribution in [0.1, 0.15) is 12.8 Å². The average molecular weight is 481 g/mol. The third-order valence-electron chi connectivity index (χ3n) is 3.38. The summed E-state index contributed by atoms with van der Waals surface area (Å²) in [5, 5.41) is 3.23. The van der Waals surface area contributed by atoms with Crippen LogP contribution in [0.4, 0.5) is 0 Å². The van der Waals surface area contributed by atoms with E-state index < -0.39 is 9.84 Å². The lowest BCUT2D eigenvalue weighted by Gasteiger charge is -2.21. The van der Waals surface area contributed by atoms with Gasteiger partial charge in [-0.15, -0.1) is 30.6 Å². The van der Waals surface area contributed by atoms with E-state index >= 15 is 0 Å². The van der Waals surface area contributed by atoms with Gasteiger partial charge in [0.25, 0.3) is 0 Å². The summed E-state index contributed by atoms with van der Waals surface area (Å²) < 4.78 is 28.4. The Morgan fingerprint density at radius 2 is 2.00 bits per heavy atom. The van der Waals surface area contributed by atoms with Gasteiger partial charge in [0.05, 0.1) is 11.4 Å². The molecule has 142 valence electrons. The van der Waals surface area contributed by atoms with Gasteiger partial charge >= 0.3 is 0 Å². The average Bonchev–Trinajstić information content (AvgIpc) is 2.54. The summed E-state index contributed by atoms with van der Waals surface area (Å²) in [7, 11) is 0.562. The van der Waals surface area contributed by atoms with Crippen molar-refractivity contribution >= 4 is 39.8 Å². The molecule has 0 fully saturated rings. The molecule has 1 rings (SSSR count). The Bertz CT molecular complexity index is 646. The molecular formula is C17H28IN3O3S. The van der Waals surface area contributed by atoms with E-state index in [1.54, 1.807) is 31.3 Å². The number of ether oxygens (including phenoxy) is 1. The minimum atomic E-state index is -3.17. The molecular weight excluding hydrogens is 453 g/mol. The number of nitrogens with one attached hydrogen (secondary N) is 1. The minimum Gasteiger partial charge on any atom is -0.492 e. The molecule has 0 radical (unpaired) electrons. The number of halogens is 1. The minimum absolute atomic E-state index is 0. The van der Waals surface area contributed by atoms with Gasteiger partial charge in [0.2, 0.25) is 0 Å². The van der Waals surface area contributed by atoms with Gasteiger partial charge in [-0.05, 0) is 37.1 Å². The van der Waals surface area contributed by atoms with Crippen LogP contribution in [-0.2, 0) is 9.84 Å². The number of guanidine groups is 1. The summed E-state index contributed by atoms with van der Waals surface area (Å²) in [6, 6.07) is 6.41. The Labute approximate surface area is 168 Å². The lowest BCUT2D eigenvalue weighted by atomic mass is 10.3. The zero-order valence-electron chi connectivity index (χ0n) is 15.1. The number of unbranched alkanes of at least 4 members (excludes halogenated alkanes) is 1. The van der Waals surface area contributed by atoms with Crippen molar-refractivity contribution in [3.8, 4) is 5.75 Å². The summed E-state index contributed by atoms with van der Waals surface area (Å²) >= 11 is 0. The Hall–Kier alpha value is -1.29. The Morgan fingerprint density at radius 3 is 2.52 bits per heavy atom. The monoisotopic (exact) mass is 481 g/mol. The van der Waals surface area contributed by atoms with Crippen LogP contribution in [0.2, 0.25) is 0 Å². The van der Waals surface area contributed by atoms with E-state index in [1.165, 1.54) is 6.26 Å². The van der Waals surface area contributed by atoms with Crippen LogP contribution < -0.4 is 10.1 Å². The Kier molecular flexibility index (Phi) is 11.5. The first-order valence-corrected chi connectivity index (χ1v) is 9.73. The summed E-state index contributed by atoms with van der Waals surface area (Å²) in [5.41, 5.74) is 0. The Morgan fingerprint density at radius 1 is 1.36 bits per heavy atom. The number of hydrogen-bond donors (Lipinski definition) is 1. The van der Waals surface area contributed by atoms with Crippen molar-refractivity contribution in [2.24, 2.45) is 4.99 Å². The van der Waals surface area contributed by atoms with Gasteiger partial charge in [-0.25, -0.2) is 8.42 Å². The predicted octanol–water partition coefficient (Wildman–Crippen LogP) is 2.56. The summed E-state index contributed by atoms with van der Waals surface area (Å²) in [5.74, 6) is 1.45. The van der Waals surface area contributed by atoms with Gasteiger partial charge < -0.3 is 15.0 Å². The van der Waals surface area contributed by atoms with Crippen LogP contribution in [0.15, 0.2) is 46.8 Å². The van der Waals surface area contributed by atoms with E-state index in [2.05, 4.69) is 21.8 Å². The first-order valence-electron chi connectivity index (χ1n) is 7.84. The molecule has 6 nitrogen and oxygen atoms in total. The van der Waals surface area contributed by atoms with Crippen LogP contribution >= 0.6 is 24.0 Å². The third-order valence-corrected chi connectivity index (χ3v) is 4.51. The number of allylic oxidation sites excluding steroid dienone is 1. The Balaban J connectivity index is 0.00000576. The molecule has 0 heterocycles. The highest BCUT2D eigenvalue weighted by Crippen LogP contribution is 2.15. The van der Waals surface area contributed by atoms with E-state index in [-0.39, 0.29) is 28.9 Å². The summed E-state index contributed by atoms with van der Waals surface area (Å²) in [6.45, 7) is 5.68. The topological polar surface area (TPSA) is 71.0 Å². The largest absolute Gasteiger partial charge is 0.492 e. The molecule has 0 unspecified atom stereocenters. The normalized spacial score (nSPS) is 11.4. The standard InChI is InChI=1S/C17H27N3O3S.HI/c1-5-6-7-13-20(3)17(18-2)19-12-14-23-15-8-10-16(11-9-15)24(4,21)22;/h5,8-11H,1,6-7,12-14H2,2-4H3,(H,18,19);1H. The van der Waals surface area contributed by atoms with E-state index in [9.17, 15) is 8.42 Å². The van der Waals surface area contributed by atoms with Gasteiger partial charge in [0.1, 0.15) is 12.4 Å². The van der Waals surface area contributed by atoms with Crippen molar-refractivity contribution < 1.29 is 13.2 Å². The predicted molar refractivity (Wildman–Crippen MR) is 114 cm³/mol. The van der Waals surface area contributed by atoms with Gasteiger partial charge in [-0.1, -0.05) is 6.08 Å². The second-order valence-electron chi connectivity index (χ2n) is 5.42. The lowest BCUT2D eigenvalue weighted by molar-refractivity contribution is 0.319. The first kappa shape index (κ1) is 23.7. The molecule has 0 aliphatic heterocycles. The zero-order valence-corrected chi connectivity index (χ0v) is 18.2. The van der Waals surface area contributed by atoms with Crippen molar-refractivity contribution in [2.45, 2.75) is 17.7 Å². The van der Waals surface area contributed by atoms with Gasteiger partial charge in [0.15, 0.2) is 15.8 Å². The number of sulfone groups is 1. The quantitative estimate of drug-likeness (QED) is 0.193. The van der Waals surface area contributed by atoms with Crippen molar-refractivity contribution in [2.75, 3.05) is 40.0 Å². The number of nitrogens with zero attached hydrogens (tertiary/aromatic N) is 2. The van der Waals surface area contributed by atoms with Crippen molar-refractivity contribution in [1.82, 2.24) is 10.2 Å². The van der Waals surface area contributed by atoms with Crippen LogP contribution in [0, 0.1) is 0 Å². The van der Waals surface area contributed by atoms with Crippen LogP contribution in [0.3, 0.4) is 0 Å². The third kappa shape index (κ3) is 9.10. The van der Waals surface area contributed by atoms with Crippen LogP contribution in [-0.4, -0.2) is 59.3 Å². The molecule has 0 amide bonds. The number of rotatable bonds is 9. The first-order chi connectivity index (χ1) is 11.4. The van der Waals surface area contributed by atoms with E-state index in [1.807, 2.05) is 13.1 Å². The molecule has 0 spiro atoms. The molecule has 0 aliphatic carbocycles. The van der Waals surface area contributed by atoms with Crippen molar-refractivity contribution in [1.29, 1.82) is 0 Å². The maximum atomic E-state index is 11.4. The van der Waals surface area contributed by atoms with Gasteiger partial charge in [0, 0.05) is 26.9 Å². The molecule has 1 aromatic carbocycles. The zero-order chi connectivity index (χ0) is 18.0. The van der Waals surface area contributed by atoms with Gasteiger partial charge in [-0.2, -0.15) is 0 Å². The second-order valence-corrected chi connectivity index (χ2v) is 7.43. The maximum absolute atomic E-state index is 11.4. The maximum Gasteiger partial charge on any atom is 0.193 e. The molecule has 0 saturated heterocycles. The smallest absolute Gasteiger partial charge is 0.193 e. The molecule has 1 aromatic rings. The molecule has 0 saturated carbocycles. The molecule has 8 heteroatoms. The van der Waals surface area contributed by atoms with Crippen molar-refractivity contribution in [3.05, 3.63) is 36.9 Å². The van der Waals surface area contributed by atoms with E-state index in [4.69, 9.17) is 4.74 Å². The summed E-state index contributed by atoms with van der Waals surface area (Å²) in [6.07, 6.45) is 5.11. The molecule has 0 aliphatic rings. The highest BCUT2D eigenvalue weighted by atomic mass is 127. The fraction of sp³-hybridized carbons (Fsp3) is 0.471. The van der Waals surface area contributed by atoms with Gasteiger partial charge in [-0.3, -0.25) is 4.99 Å². The number of benzene rings is 1. The molecule has 0 atom stereocenters. The highest BCUT2D eigenvalue weighted by Gasteiger charge is 2.07. The van der Waals surface area contributed by atoms with Crippen molar-refractivity contribution in [3.63, 3.8) is 0 Å². The van der Waals surface area contributed by atoms with Crippen LogP contribution in [0.25, 0.3) is 0 Å². The molecule has 1 N–H and O–H groups in total. The lowest BCUT2D eigenvalue weighted by Crippen LogP contribution is -2.41. The highest BCUT2D eigenvalue weighted by molar-refractivity contribution is 14.0. The fourth-order valence-electron chi connectivity index (χ4n) is 2.08.